The average Bonchev–Trinajstić information content (AvgIpc) is 3.34. The third-order valence-electron chi connectivity index (χ3n) is 7.57. The van der Waals surface area contributed by atoms with Gasteiger partial charge in [-0.3, -0.25) is 9.59 Å². The Morgan fingerprint density at radius 3 is 2.45 bits per heavy atom. The lowest BCUT2D eigenvalue weighted by atomic mass is 9.82. The molecular formula is C26H36N4O3. The summed E-state index contributed by atoms with van der Waals surface area (Å²) < 4.78 is 0. The largest absolute Gasteiger partial charge is 0.483 e. The third-order valence-corrected chi connectivity index (χ3v) is 7.57. The lowest BCUT2D eigenvalue weighted by Gasteiger charge is -2.43. The van der Waals surface area contributed by atoms with Gasteiger partial charge in [-0.2, -0.15) is 0 Å². The number of H-pyrrole nitrogens is 1. The minimum atomic E-state index is -0.250. The molecule has 7 heteroatoms. The molecule has 1 aromatic heterocycles. The van der Waals surface area contributed by atoms with Crippen LogP contribution in [0.25, 0.3) is 0 Å². The van der Waals surface area contributed by atoms with Crippen LogP contribution in [0.3, 0.4) is 0 Å². The van der Waals surface area contributed by atoms with Crippen molar-refractivity contribution in [2.24, 2.45) is 11.8 Å². The molecule has 2 aliphatic heterocycles. The van der Waals surface area contributed by atoms with Gasteiger partial charge in [0.2, 0.25) is 0 Å². The number of imidazole rings is 1. The number of benzene rings is 1. The third kappa shape index (κ3) is 5.64. The zero-order valence-electron chi connectivity index (χ0n) is 19.4. The summed E-state index contributed by atoms with van der Waals surface area (Å²) in [5, 5.41) is 6.89. The molecule has 7 nitrogen and oxygen atoms in total. The number of likely N-dealkylation sites (tertiary alicyclic amines) is 1. The number of piperidine rings is 1. The summed E-state index contributed by atoms with van der Waals surface area (Å²) >= 11 is 0. The van der Waals surface area contributed by atoms with Crippen molar-refractivity contribution in [1.29, 1.82) is 0 Å². The number of hydrogen-bond donors (Lipinski definition) is 2. The molecule has 0 bridgehead atoms. The molecule has 1 unspecified atom stereocenters. The van der Waals surface area contributed by atoms with Crippen LogP contribution in [0.1, 0.15) is 72.7 Å². The molecule has 1 aromatic carbocycles. The van der Waals surface area contributed by atoms with Crippen LogP contribution in [0.15, 0.2) is 36.7 Å². The van der Waals surface area contributed by atoms with E-state index in [9.17, 15) is 4.79 Å². The van der Waals surface area contributed by atoms with Crippen molar-refractivity contribution >= 4 is 12.4 Å². The van der Waals surface area contributed by atoms with Crippen molar-refractivity contribution in [2.45, 2.75) is 57.4 Å². The minimum absolute atomic E-state index is 0.101. The molecule has 178 valence electrons. The van der Waals surface area contributed by atoms with Crippen LogP contribution < -0.4 is 0 Å². The first-order chi connectivity index (χ1) is 16.2. The zero-order valence-corrected chi connectivity index (χ0v) is 19.4. The van der Waals surface area contributed by atoms with Crippen LogP contribution >= 0.6 is 0 Å². The Bertz CT molecular complexity index is 886. The Balaban J connectivity index is 0.000000821. The maximum absolute atomic E-state index is 13.4. The van der Waals surface area contributed by atoms with Gasteiger partial charge in [0.15, 0.2) is 0 Å². The Hall–Kier alpha value is -2.67. The molecule has 1 amide bonds. The zero-order chi connectivity index (χ0) is 23.0. The average molecular weight is 453 g/mol. The van der Waals surface area contributed by atoms with E-state index in [1.54, 1.807) is 0 Å². The quantitative estimate of drug-likeness (QED) is 0.681. The van der Waals surface area contributed by atoms with Gasteiger partial charge in [0.25, 0.3) is 12.4 Å². The molecule has 0 spiro atoms. The van der Waals surface area contributed by atoms with Crippen molar-refractivity contribution in [1.82, 2.24) is 19.8 Å². The topological polar surface area (TPSA) is 89.5 Å². The standard InChI is InChI=1S/C25H34N4O.CH2O2/c30-25(21-9-5-2-6-10-21)29-16-13-22-23(27-18-26-22)24(29)20-11-14-28(15-12-20)17-19-7-3-1-4-8-19;2-1-3/h2,5-6,9-10,18-20,24H,1,3-4,7-8,11-17H2,(H,26,27);1H,(H,2,3). The summed E-state index contributed by atoms with van der Waals surface area (Å²) in [5.41, 5.74) is 3.12. The van der Waals surface area contributed by atoms with Crippen LogP contribution in [0.2, 0.25) is 0 Å². The second-order valence-corrected chi connectivity index (χ2v) is 9.57. The van der Waals surface area contributed by atoms with Crippen molar-refractivity contribution < 1.29 is 14.7 Å². The Labute approximate surface area is 196 Å². The molecule has 2 aromatic rings. The molecule has 2 fully saturated rings. The normalized spacial score (nSPS) is 22.2. The number of nitrogens with one attached hydrogen (secondary N) is 1. The summed E-state index contributed by atoms with van der Waals surface area (Å²) in [6.45, 7) is 4.11. The van der Waals surface area contributed by atoms with Gasteiger partial charge >= 0.3 is 0 Å². The van der Waals surface area contributed by atoms with Gasteiger partial charge in [-0.25, -0.2) is 4.98 Å². The Morgan fingerprint density at radius 2 is 1.76 bits per heavy atom. The van der Waals surface area contributed by atoms with E-state index in [4.69, 9.17) is 9.90 Å². The summed E-state index contributed by atoms with van der Waals surface area (Å²) in [5.74, 6) is 1.54. The van der Waals surface area contributed by atoms with Crippen LogP contribution in [-0.2, 0) is 11.2 Å². The molecule has 0 radical (unpaired) electrons. The smallest absolute Gasteiger partial charge is 0.290 e. The Kier molecular flexibility index (Phi) is 8.15. The van der Waals surface area contributed by atoms with E-state index in [2.05, 4.69) is 19.8 Å². The Morgan fingerprint density at radius 1 is 1.06 bits per heavy atom. The van der Waals surface area contributed by atoms with Crippen LogP contribution in [0.5, 0.6) is 0 Å². The number of amides is 1. The highest BCUT2D eigenvalue weighted by molar-refractivity contribution is 5.94. The van der Waals surface area contributed by atoms with E-state index in [0.717, 1.165) is 56.1 Å². The second-order valence-electron chi connectivity index (χ2n) is 9.57. The molecule has 1 atom stereocenters. The highest BCUT2D eigenvalue weighted by atomic mass is 16.3. The van der Waals surface area contributed by atoms with Crippen molar-refractivity contribution in [3.8, 4) is 0 Å². The summed E-state index contributed by atoms with van der Waals surface area (Å²) in [6.07, 6.45) is 12.1. The van der Waals surface area contributed by atoms with Gasteiger partial charge in [-0.1, -0.05) is 37.5 Å². The molecular weight excluding hydrogens is 416 g/mol. The number of carboxylic acid groups (broad SMARTS) is 1. The molecule has 1 aliphatic carbocycles. The highest BCUT2D eigenvalue weighted by Crippen LogP contribution is 2.39. The number of carbonyl (C=O) groups excluding carboxylic acids is 1. The first kappa shape index (κ1) is 23.5. The van der Waals surface area contributed by atoms with Crippen LogP contribution in [0, 0.1) is 11.8 Å². The molecule has 1 saturated carbocycles. The van der Waals surface area contributed by atoms with Crippen LogP contribution in [0.4, 0.5) is 0 Å². The van der Waals surface area contributed by atoms with E-state index in [-0.39, 0.29) is 18.4 Å². The number of hydrogen-bond acceptors (Lipinski definition) is 4. The highest BCUT2D eigenvalue weighted by Gasteiger charge is 2.39. The summed E-state index contributed by atoms with van der Waals surface area (Å²) in [7, 11) is 0. The SMILES string of the molecule is O=C(c1ccccc1)N1CCc2[nH]cnc2C1C1CCN(CC2CCCCC2)CC1.O=CO. The van der Waals surface area contributed by atoms with Gasteiger partial charge in [0.05, 0.1) is 18.1 Å². The number of carbonyl (C=O) groups is 2. The van der Waals surface area contributed by atoms with Crippen molar-refractivity contribution in [2.75, 3.05) is 26.2 Å². The minimum Gasteiger partial charge on any atom is -0.483 e. The number of fused-ring (bicyclic) bond motifs is 1. The molecule has 3 heterocycles. The summed E-state index contributed by atoms with van der Waals surface area (Å²) in [6, 6.07) is 9.85. The van der Waals surface area contributed by atoms with Crippen molar-refractivity contribution in [3.05, 3.63) is 53.6 Å². The molecule has 1 saturated heterocycles. The van der Waals surface area contributed by atoms with E-state index in [0.29, 0.717) is 5.92 Å². The fraction of sp³-hybridized carbons (Fsp3) is 0.577. The second kappa shape index (κ2) is 11.5. The lowest BCUT2D eigenvalue weighted by Crippen LogP contribution is -2.47. The maximum Gasteiger partial charge on any atom is 0.290 e. The van der Waals surface area contributed by atoms with Gasteiger partial charge in [0.1, 0.15) is 0 Å². The van der Waals surface area contributed by atoms with E-state index < -0.39 is 0 Å². The van der Waals surface area contributed by atoms with Gasteiger partial charge in [0, 0.05) is 30.8 Å². The first-order valence-corrected chi connectivity index (χ1v) is 12.4. The fourth-order valence-electron chi connectivity index (χ4n) is 5.94. The monoisotopic (exact) mass is 452 g/mol. The van der Waals surface area contributed by atoms with E-state index >= 15 is 0 Å². The number of aromatic nitrogens is 2. The molecule has 5 rings (SSSR count). The van der Waals surface area contributed by atoms with Gasteiger partial charge in [-0.05, 0) is 62.7 Å². The van der Waals surface area contributed by atoms with Gasteiger partial charge in [-0.15, -0.1) is 0 Å². The lowest BCUT2D eigenvalue weighted by molar-refractivity contribution is -0.122. The molecule has 3 aliphatic rings. The maximum atomic E-state index is 13.4. The first-order valence-electron chi connectivity index (χ1n) is 12.4. The van der Waals surface area contributed by atoms with Crippen molar-refractivity contribution in [3.63, 3.8) is 0 Å². The summed E-state index contributed by atoms with van der Waals surface area (Å²) in [4.78, 5) is 34.6. The number of rotatable bonds is 4. The number of aromatic amines is 1. The van der Waals surface area contributed by atoms with Gasteiger partial charge < -0.3 is 19.9 Å². The van der Waals surface area contributed by atoms with E-state index in [1.807, 2.05) is 36.7 Å². The van der Waals surface area contributed by atoms with E-state index in [1.165, 1.54) is 44.3 Å². The molecule has 33 heavy (non-hydrogen) atoms. The molecule has 2 N–H and O–H groups in total. The predicted octanol–water partition coefficient (Wildman–Crippen LogP) is 4.14. The predicted molar refractivity (Wildman–Crippen MR) is 127 cm³/mol. The van der Waals surface area contributed by atoms with Crippen LogP contribution in [-0.4, -0.2) is 63.4 Å². The fourth-order valence-corrected chi connectivity index (χ4v) is 5.94. The number of nitrogens with zero attached hydrogens (tertiary/aromatic N) is 3.